The minimum absolute atomic E-state index is 0.0719. The van der Waals surface area contributed by atoms with Crippen LogP contribution in [0.4, 0.5) is 19.1 Å². The highest BCUT2D eigenvalue weighted by Crippen LogP contribution is 2.29. The van der Waals surface area contributed by atoms with Crippen LogP contribution < -0.4 is 10.5 Å². The molecule has 0 saturated carbocycles. The number of alkyl halides is 3. The third kappa shape index (κ3) is 4.64. The summed E-state index contributed by atoms with van der Waals surface area (Å²) in [7, 11) is 0. The van der Waals surface area contributed by atoms with E-state index < -0.39 is 11.9 Å². The zero-order valence-corrected chi connectivity index (χ0v) is 15.3. The molecule has 146 valence electrons. The van der Waals surface area contributed by atoms with Crippen molar-refractivity contribution in [3.63, 3.8) is 0 Å². The molecular formula is C18H22F3N5O. The normalized spacial score (nSPS) is 16.1. The van der Waals surface area contributed by atoms with Gasteiger partial charge in [0.2, 0.25) is 5.95 Å². The van der Waals surface area contributed by atoms with E-state index in [2.05, 4.69) is 15.0 Å². The summed E-state index contributed by atoms with van der Waals surface area (Å²) in [6.45, 7) is 5.63. The lowest BCUT2D eigenvalue weighted by molar-refractivity contribution is -0.141. The van der Waals surface area contributed by atoms with E-state index in [4.69, 9.17) is 0 Å². The van der Waals surface area contributed by atoms with Crippen LogP contribution in [0.5, 0.6) is 0 Å². The lowest BCUT2D eigenvalue weighted by atomic mass is 9.97. The van der Waals surface area contributed by atoms with Crippen LogP contribution in [0, 0.1) is 5.92 Å². The second kappa shape index (κ2) is 7.66. The Balaban J connectivity index is 1.62. The van der Waals surface area contributed by atoms with Crippen LogP contribution in [0.15, 0.2) is 29.5 Å². The van der Waals surface area contributed by atoms with E-state index >= 15 is 0 Å². The predicted octanol–water partition coefficient (Wildman–Crippen LogP) is 3.09. The summed E-state index contributed by atoms with van der Waals surface area (Å²) < 4.78 is 40.0. The molecule has 1 fully saturated rings. The van der Waals surface area contributed by atoms with Crippen molar-refractivity contribution in [1.82, 2.24) is 19.5 Å². The molecule has 1 saturated heterocycles. The summed E-state index contributed by atoms with van der Waals surface area (Å²) in [5.41, 5.74) is -0.234. The molecule has 3 rings (SSSR count). The van der Waals surface area contributed by atoms with E-state index in [0.717, 1.165) is 30.8 Å². The van der Waals surface area contributed by atoms with Crippen molar-refractivity contribution in [1.29, 1.82) is 0 Å². The molecule has 0 amide bonds. The summed E-state index contributed by atoms with van der Waals surface area (Å²) in [6.07, 6.45) is -0.263. The Kier molecular flexibility index (Phi) is 5.48. The Bertz CT molecular complexity index is 841. The largest absolute Gasteiger partial charge is 0.433 e. The predicted molar refractivity (Wildman–Crippen MR) is 94.6 cm³/mol. The van der Waals surface area contributed by atoms with Crippen molar-refractivity contribution in [3.8, 4) is 0 Å². The highest BCUT2D eigenvalue weighted by molar-refractivity contribution is 5.31. The van der Waals surface area contributed by atoms with Crippen LogP contribution in [-0.2, 0) is 12.7 Å². The van der Waals surface area contributed by atoms with Crippen molar-refractivity contribution in [2.75, 3.05) is 18.0 Å². The van der Waals surface area contributed by atoms with Gasteiger partial charge in [-0.1, -0.05) is 13.8 Å². The first-order valence-corrected chi connectivity index (χ1v) is 8.95. The molecule has 3 heterocycles. The third-order valence-corrected chi connectivity index (χ3v) is 4.78. The number of nitrogens with zero attached hydrogens (tertiary/aromatic N) is 5. The van der Waals surface area contributed by atoms with E-state index in [-0.39, 0.29) is 23.3 Å². The number of halogens is 3. The lowest BCUT2D eigenvalue weighted by Crippen LogP contribution is -2.37. The molecular weight excluding hydrogens is 359 g/mol. The molecule has 2 aromatic heterocycles. The first kappa shape index (κ1) is 19.3. The molecule has 0 atom stereocenters. The molecule has 1 aliphatic rings. The summed E-state index contributed by atoms with van der Waals surface area (Å²) in [6, 6.07) is 2.44. The summed E-state index contributed by atoms with van der Waals surface area (Å²) >= 11 is 0. The highest BCUT2D eigenvalue weighted by atomic mass is 19.4. The molecule has 27 heavy (non-hydrogen) atoms. The van der Waals surface area contributed by atoms with Gasteiger partial charge in [-0.25, -0.2) is 15.0 Å². The highest BCUT2D eigenvalue weighted by Gasteiger charge is 2.33. The third-order valence-electron chi connectivity index (χ3n) is 4.78. The average molecular weight is 381 g/mol. The summed E-state index contributed by atoms with van der Waals surface area (Å²) in [5, 5.41) is 0. The number of piperidine rings is 1. The van der Waals surface area contributed by atoms with E-state index in [1.54, 1.807) is 21.9 Å². The van der Waals surface area contributed by atoms with E-state index in [1.165, 1.54) is 0 Å². The number of rotatable bonds is 4. The van der Waals surface area contributed by atoms with Gasteiger partial charge in [0.1, 0.15) is 5.69 Å². The fourth-order valence-electron chi connectivity index (χ4n) is 3.15. The number of anilines is 1. The molecule has 0 N–H and O–H groups in total. The zero-order valence-electron chi connectivity index (χ0n) is 15.3. The molecule has 0 unspecified atom stereocenters. The minimum atomic E-state index is -4.48. The topological polar surface area (TPSA) is 63.9 Å². The van der Waals surface area contributed by atoms with Crippen molar-refractivity contribution >= 4 is 5.95 Å². The van der Waals surface area contributed by atoms with Crippen LogP contribution in [0.25, 0.3) is 0 Å². The summed E-state index contributed by atoms with van der Waals surface area (Å²) in [5.74, 6) is 0.558. The first-order chi connectivity index (χ1) is 12.7. The number of hydrogen-bond acceptors (Lipinski definition) is 5. The van der Waals surface area contributed by atoms with Crippen LogP contribution in [0.1, 0.15) is 44.0 Å². The standard InChI is InChI=1S/C18H22F3N5O/c1-12(2)14-9-16(27)26(11-23-14)10-13-4-7-25(8-5-13)17-22-6-3-15(24-17)18(19,20)21/h3,6,9,11-13H,4-5,7-8,10H2,1-2H3. The molecule has 1 aliphatic heterocycles. The van der Waals surface area contributed by atoms with Gasteiger partial charge in [-0.15, -0.1) is 0 Å². The average Bonchev–Trinajstić information content (AvgIpc) is 2.63. The van der Waals surface area contributed by atoms with Gasteiger partial charge in [0.05, 0.1) is 12.0 Å². The molecule has 0 aliphatic carbocycles. The minimum Gasteiger partial charge on any atom is -0.341 e. The van der Waals surface area contributed by atoms with Crippen LogP contribution in [0.3, 0.4) is 0 Å². The van der Waals surface area contributed by atoms with Gasteiger partial charge in [0.15, 0.2) is 0 Å². The van der Waals surface area contributed by atoms with E-state index in [1.807, 2.05) is 13.8 Å². The molecule has 0 radical (unpaired) electrons. The van der Waals surface area contributed by atoms with Crippen LogP contribution in [-0.4, -0.2) is 32.6 Å². The van der Waals surface area contributed by atoms with Gasteiger partial charge in [-0.05, 0) is 30.7 Å². The van der Waals surface area contributed by atoms with E-state index in [0.29, 0.717) is 19.6 Å². The van der Waals surface area contributed by atoms with Crippen molar-refractivity contribution < 1.29 is 13.2 Å². The molecule has 0 spiro atoms. The maximum atomic E-state index is 12.8. The maximum Gasteiger partial charge on any atom is 0.433 e. The fraction of sp³-hybridized carbons (Fsp3) is 0.556. The van der Waals surface area contributed by atoms with Crippen molar-refractivity contribution in [3.05, 3.63) is 46.4 Å². The van der Waals surface area contributed by atoms with E-state index in [9.17, 15) is 18.0 Å². The zero-order chi connectivity index (χ0) is 19.6. The Morgan fingerprint density at radius 3 is 2.52 bits per heavy atom. The monoisotopic (exact) mass is 381 g/mol. The molecule has 0 aromatic carbocycles. The maximum absolute atomic E-state index is 12.8. The van der Waals surface area contributed by atoms with Gasteiger partial charge < -0.3 is 4.90 Å². The van der Waals surface area contributed by atoms with Crippen LogP contribution in [0.2, 0.25) is 0 Å². The molecule has 6 nitrogen and oxygen atoms in total. The van der Waals surface area contributed by atoms with Crippen molar-refractivity contribution in [2.45, 2.75) is 45.3 Å². The number of hydrogen-bond donors (Lipinski definition) is 0. The van der Waals surface area contributed by atoms with Gasteiger partial charge >= 0.3 is 6.18 Å². The Labute approximate surface area is 155 Å². The molecule has 0 bridgehead atoms. The number of aromatic nitrogens is 4. The Hall–Kier alpha value is -2.45. The van der Waals surface area contributed by atoms with Crippen LogP contribution >= 0.6 is 0 Å². The first-order valence-electron chi connectivity index (χ1n) is 8.95. The van der Waals surface area contributed by atoms with Crippen molar-refractivity contribution in [2.24, 2.45) is 5.92 Å². The smallest absolute Gasteiger partial charge is 0.341 e. The van der Waals surface area contributed by atoms with Gasteiger partial charge in [-0.3, -0.25) is 9.36 Å². The molecule has 2 aromatic rings. The lowest BCUT2D eigenvalue weighted by Gasteiger charge is -2.32. The Morgan fingerprint density at radius 1 is 1.22 bits per heavy atom. The fourth-order valence-corrected chi connectivity index (χ4v) is 3.15. The molecule has 9 heteroatoms. The second-order valence-corrected chi connectivity index (χ2v) is 7.13. The second-order valence-electron chi connectivity index (χ2n) is 7.13. The quantitative estimate of drug-likeness (QED) is 0.814. The Morgan fingerprint density at radius 2 is 1.93 bits per heavy atom. The van der Waals surface area contributed by atoms with Gasteiger partial charge in [0.25, 0.3) is 5.56 Å². The SMILES string of the molecule is CC(C)c1cc(=O)n(CC2CCN(c3nccc(C(F)(F)F)n3)CC2)cn1. The van der Waals surface area contributed by atoms with Gasteiger partial charge in [0, 0.05) is 31.9 Å². The summed E-state index contributed by atoms with van der Waals surface area (Å²) in [4.78, 5) is 25.9. The van der Waals surface area contributed by atoms with Gasteiger partial charge in [-0.2, -0.15) is 13.2 Å².